The Morgan fingerprint density at radius 1 is 1.55 bits per heavy atom. The van der Waals surface area contributed by atoms with E-state index in [2.05, 4.69) is 8.68 Å². The van der Waals surface area contributed by atoms with E-state index in [0.717, 1.165) is 5.75 Å². The van der Waals surface area contributed by atoms with E-state index in [1.54, 1.807) is 6.21 Å². The Balaban J connectivity index is 0.00000200. The van der Waals surface area contributed by atoms with E-state index in [0.29, 0.717) is 24.4 Å². The van der Waals surface area contributed by atoms with Crippen molar-refractivity contribution in [3.63, 3.8) is 0 Å². The molecule has 2 bridgehead atoms. The van der Waals surface area contributed by atoms with E-state index in [1.165, 1.54) is 16.8 Å². The Morgan fingerprint density at radius 2 is 2.25 bits per heavy atom. The number of fused-ring (bicyclic) bond motifs is 2. The van der Waals surface area contributed by atoms with Crippen molar-refractivity contribution in [1.82, 2.24) is 9.96 Å². The van der Waals surface area contributed by atoms with Gasteiger partial charge in [0.15, 0.2) is 0 Å². The van der Waals surface area contributed by atoms with Crippen molar-refractivity contribution >= 4 is 34.6 Å². The number of urea groups is 1. The average molecular weight is 331 g/mol. The molecule has 2 heterocycles. The molecule has 2 aliphatic heterocycles. The van der Waals surface area contributed by atoms with Gasteiger partial charge in [-0.15, -0.1) is 0 Å². The number of hydrogen-bond acceptors (Lipinski definition) is 7. The summed E-state index contributed by atoms with van der Waals surface area (Å²) in [5.74, 6) is 0.837. The van der Waals surface area contributed by atoms with Crippen molar-refractivity contribution in [1.29, 1.82) is 0 Å². The Bertz CT molecular complexity index is 486. The van der Waals surface area contributed by atoms with E-state index in [1.807, 2.05) is 6.92 Å². The summed E-state index contributed by atoms with van der Waals surface area (Å²) in [5, 5.41) is 0.670. The third-order valence-electron chi connectivity index (χ3n) is 2.98. The predicted molar refractivity (Wildman–Crippen MR) is 68.2 cm³/mol. The summed E-state index contributed by atoms with van der Waals surface area (Å²) in [4.78, 5) is 13.4. The summed E-state index contributed by atoms with van der Waals surface area (Å²) in [7, 11) is -4.93. The fourth-order valence-corrected chi connectivity index (χ4v) is 2.96. The quantitative estimate of drug-likeness (QED) is 0.180. The maximum Gasteiger partial charge on any atom is 1.00 e. The van der Waals surface area contributed by atoms with Crippen LogP contribution in [0.5, 0.6) is 0 Å². The van der Waals surface area contributed by atoms with E-state index in [4.69, 9.17) is 0 Å². The van der Waals surface area contributed by atoms with Gasteiger partial charge in [-0.3, -0.25) is 0 Å². The molecule has 2 amide bonds. The molecule has 0 aliphatic carbocycles. The fraction of sp³-hybridized carbons (Fsp3) is 0.778. The monoisotopic (exact) mass is 331 g/mol. The molecule has 0 aromatic heterocycles. The van der Waals surface area contributed by atoms with Crippen LogP contribution in [0.1, 0.15) is 19.8 Å². The van der Waals surface area contributed by atoms with Crippen LogP contribution in [0, 0.1) is 0 Å². The smallest absolute Gasteiger partial charge is 0.724 e. The number of hydroxylamine groups is 2. The zero-order valence-corrected chi connectivity index (χ0v) is 14.9. The first kappa shape index (κ1) is 18.2. The molecule has 11 heteroatoms. The van der Waals surface area contributed by atoms with Gasteiger partial charge < -0.3 is 9.45 Å². The van der Waals surface area contributed by atoms with Crippen molar-refractivity contribution < 1.29 is 51.6 Å². The molecule has 0 radical (unpaired) electrons. The van der Waals surface area contributed by atoms with E-state index in [9.17, 15) is 17.8 Å². The summed E-state index contributed by atoms with van der Waals surface area (Å²) in [5.41, 5.74) is 0. The minimum atomic E-state index is -4.93. The van der Waals surface area contributed by atoms with Crippen LogP contribution in [-0.2, 0) is 14.7 Å². The molecule has 0 aromatic carbocycles. The molecule has 2 aliphatic rings. The van der Waals surface area contributed by atoms with Crippen molar-refractivity contribution in [2.45, 2.75) is 31.8 Å². The normalized spacial score (nSPS) is 26.2. The van der Waals surface area contributed by atoms with Crippen LogP contribution in [0.3, 0.4) is 0 Å². The van der Waals surface area contributed by atoms with E-state index >= 15 is 0 Å². The van der Waals surface area contributed by atoms with Crippen molar-refractivity contribution in [3.8, 4) is 0 Å². The van der Waals surface area contributed by atoms with Gasteiger partial charge in [0.25, 0.3) is 0 Å². The molecule has 108 valence electrons. The summed E-state index contributed by atoms with van der Waals surface area (Å²) < 4.78 is 40.1. The number of rotatable bonds is 5. The summed E-state index contributed by atoms with van der Waals surface area (Å²) in [6.45, 7) is 2.32. The minimum Gasteiger partial charge on any atom is -0.724 e. The molecule has 2 saturated heterocycles. The number of nitrogens with zero attached hydrogens (tertiary/aromatic N) is 3. The van der Waals surface area contributed by atoms with Gasteiger partial charge in [0, 0.05) is 18.5 Å². The molecule has 2 fully saturated rings. The predicted octanol–water partition coefficient (Wildman–Crippen LogP) is -2.61. The second-order valence-corrected chi connectivity index (χ2v) is 6.23. The molecule has 20 heavy (non-hydrogen) atoms. The number of piperidine rings is 1. The first-order valence-corrected chi connectivity index (χ1v) is 8.10. The molecule has 0 N–H and O–H groups in total. The number of hydrogen-bond donors (Lipinski definition) is 0. The van der Waals surface area contributed by atoms with Gasteiger partial charge in [-0.2, -0.15) is 9.35 Å². The van der Waals surface area contributed by atoms with Crippen LogP contribution in [0.25, 0.3) is 0 Å². The summed E-state index contributed by atoms with van der Waals surface area (Å²) in [6, 6.07) is -1.16. The molecular formula is C9H14N3NaO5S2. The Morgan fingerprint density at radius 3 is 2.85 bits per heavy atom. The Kier molecular flexibility index (Phi) is 6.77. The number of carbonyl (C=O) groups is 1. The first-order chi connectivity index (χ1) is 8.92. The number of amides is 2. The van der Waals surface area contributed by atoms with Gasteiger partial charge in [0.05, 0.1) is 12.1 Å². The van der Waals surface area contributed by atoms with E-state index in [-0.39, 0.29) is 41.6 Å². The Hall–Kier alpha value is 0.160. The standard InChI is InChI=1S/C9H15N3O5S2.Na/c1-2-18-10-5-7-3-4-8-6-11(7)9(13)12(8)17-19(14,15)16;/h5,7-8H,2-4,6H2,1H3,(H,14,15,16);/q;+1/p-1/t7-,8+;/m0./s1. The van der Waals surface area contributed by atoms with Crippen LogP contribution in [0.2, 0.25) is 0 Å². The van der Waals surface area contributed by atoms with Crippen LogP contribution in [0.15, 0.2) is 4.40 Å². The summed E-state index contributed by atoms with van der Waals surface area (Å²) in [6.07, 6.45) is 2.92. The zero-order chi connectivity index (χ0) is 14.0. The van der Waals surface area contributed by atoms with Gasteiger partial charge in [0.2, 0.25) is 10.4 Å². The first-order valence-electron chi connectivity index (χ1n) is 5.83. The van der Waals surface area contributed by atoms with Gasteiger partial charge in [-0.1, -0.05) is 6.92 Å². The minimum absolute atomic E-state index is 0. The van der Waals surface area contributed by atoms with Gasteiger partial charge in [0.1, 0.15) is 0 Å². The third-order valence-corrected chi connectivity index (χ3v) is 3.85. The molecule has 0 spiro atoms. The van der Waals surface area contributed by atoms with E-state index < -0.39 is 16.4 Å². The fourth-order valence-electron chi connectivity index (χ4n) is 2.20. The van der Waals surface area contributed by atoms with Crippen molar-refractivity contribution in [2.24, 2.45) is 4.40 Å². The van der Waals surface area contributed by atoms with Crippen LogP contribution >= 0.6 is 11.9 Å². The van der Waals surface area contributed by atoms with Gasteiger partial charge in [-0.05, 0) is 24.8 Å². The summed E-state index contributed by atoms with van der Waals surface area (Å²) >= 11 is 1.38. The van der Waals surface area contributed by atoms with Crippen LogP contribution in [-0.4, -0.2) is 59.6 Å². The molecule has 0 aromatic rings. The van der Waals surface area contributed by atoms with Crippen molar-refractivity contribution in [2.75, 3.05) is 12.3 Å². The van der Waals surface area contributed by atoms with Gasteiger partial charge >= 0.3 is 35.6 Å². The SMILES string of the molecule is CCSN=C[C@@H]1CC[C@@H]2CN1C(=O)N2OS(=O)(=O)[O-].[Na+]. The maximum atomic E-state index is 12.0. The molecule has 8 nitrogen and oxygen atoms in total. The van der Waals surface area contributed by atoms with Crippen LogP contribution < -0.4 is 29.6 Å². The second-order valence-electron chi connectivity index (χ2n) is 4.21. The van der Waals surface area contributed by atoms with Gasteiger partial charge in [-0.25, -0.2) is 17.6 Å². The molecule has 2 rings (SSSR count). The van der Waals surface area contributed by atoms with Crippen LogP contribution in [0.4, 0.5) is 4.79 Å². The largest absolute Gasteiger partial charge is 1.00 e. The second kappa shape index (κ2) is 7.43. The third kappa shape index (κ3) is 4.33. The zero-order valence-electron chi connectivity index (χ0n) is 11.3. The topological polar surface area (TPSA) is 102 Å². The number of carbonyl (C=O) groups excluding carboxylic acids is 1. The van der Waals surface area contributed by atoms with Crippen molar-refractivity contribution in [3.05, 3.63) is 0 Å². The molecule has 2 atom stereocenters. The maximum absolute atomic E-state index is 12.0. The average Bonchev–Trinajstić information content (AvgIpc) is 2.56. The Labute approximate surface area is 144 Å². The molecule has 0 unspecified atom stereocenters. The molecule has 0 saturated carbocycles. The molecular weight excluding hydrogens is 317 g/mol.